The lowest BCUT2D eigenvalue weighted by molar-refractivity contribution is -0.132. The number of halogens is 1. The highest BCUT2D eigenvalue weighted by molar-refractivity contribution is 6.30. The van der Waals surface area contributed by atoms with Crippen LogP contribution in [-0.4, -0.2) is 27.5 Å². The Hall–Kier alpha value is -1.81. The van der Waals surface area contributed by atoms with E-state index in [2.05, 4.69) is 24.0 Å². The van der Waals surface area contributed by atoms with E-state index in [1.165, 1.54) is 0 Å². The summed E-state index contributed by atoms with van der Waals surface area (Å²) in [7, 11) is 0. The van der Waals surface area contributed by atoms with Crippen molar-refractivity contribution in [3.05, 3.63) is 40.5 Å². The minimum absolute atomic E-state index is 0.226. The first-order chi connectivity index (χ1) is 10.5. The Morgan fingerprint density at radius 1 is 1.36 bits per heavy atom. The second kappa shape index (κ2) is 6.13. The Kier molecular flexibility index (Phi) is 4.21. The van der Waals surface area contributed by atoms with Gasteiger partial charge in [-0.25, -0.2) is 0 Å². The normalized spacial score (nSPS) is 14.3. The van der Waals surface area contributed by atoms with Gasteiger partial charge in [-0.15, -0.1) is 0 Å². The summed E-state index contributed by atoms with van der Waals surface area (Å²) in [5.41, 5.74) is 4.22. The minimum atomic E-state index is 0.226. The van der Waals surface area contributed by atoms with Gasteiger partial charge < -0.3 is 4.90 Å². The lowest BCUT2D eigenvalue weighted by atomic mass is 10.00. The summed E-state index contributed by atoms with van der Waals surface area (Å²) in [5, 5.41) is 8.28. The molecule has 0 spiro atoms. The molecule has 22 heavy (non-hydrogen) atoms. The molecular formula is C17H20ClN3O. The fraction of sp³-hybridized carbons (Fsp3) is 0.412. The molecule has 0 unspecified atom stereocenters. The number of hydrogen-bond donors (Lipinski definition) is 1. The van der Waals surface area contributed by atoms with Crippen molar-refractivity contribution in [2.45, 2.75) is 33.2 Å². The van der Waals surface area contributed by atoms with Crippen LogP contribution in [0.4, 0.5) is 0 Å². The molecule has 4 nitrogen and oxygen atoms in total. The Morgan fingerprint density at radius 2 is 2.09 bits per heavy atom. The molecule has 0 aliphatic carbocycles. The van der Waals surface area contributed by atoms with Gasteiger partial charge >= 0.3 is 0 Å². The Morgan fingerprint density at radius 3 is 2.77 bits per heavy atom. The molecule has 5 heteroatoms. The third-order valence-electron chi connectivity index (χ3n) is 3.99. The summed E-state index contributed by atoms with van der Waals surface area (Å²) in [6, 6.07) is 7.66. The van der Waals surface area contributed by atoms with E-state index in [-0.39, 0.29) is 5.91 Å². The largest absolute Gasteiger partial charge is 0.338 e. The zero-order valence-electron chi connectivity index (χ0n) is 12.9. The van der Waals surface area contributed by atoms with Gasteiger partial charge in [-0.1, -0.05) is 37.6 Å². The quantitative estimate of drug-likeness (QED) is 0.939. The molecule has 1 aromatic heterocycles. The van der Waals surface area contributed by atoms with Gasteiger partial charge in [0.05, 0.1) is 5.69 Å². The minimum Gasteiger partial charge on any atom is -0.338 e. The van der Waals surface area contributed by atoms with Crippen LogP contribution in [0.25, 0.3) is 11.3 Å². The van der Waals surface area contributed by atoms with Crippen LogP contribution in [0, 0.1) is 5.92 Å². The van der Waals surface area contributed by atoms with Gasteiger partial charge in [0.15, 0.2) is 0 Å². The van der Waals surface area contributed by atoms with Gasteiger partial charge in [0, 0.05) is 47.8 Å². The molecule has 1 aromatic carbocycles. The number of nitrogens with one attached hydrogen (secondary N) is 1. The van der Waals surface area contributed by atoms with Crippen LogP contribution in [0.15, 0.2) is 24.3 Å². The maximum absolute atomic E-state index is 12.3. The molecule has 0 saturated heterocycles. The fourth-order valence-electron chi connectivity index (χ4n) is 2.83. The highest BCUT2D eigenvalue weighted by atomic mass is 35.5. The number of hydrogen-bond acceptors (Lipinski definition) is 2. The number of carbonyl (C=O) groups excluding carboxylic acids is 1. The van der Waals surface area contributed by atoms with Crippen molar-refractivity contribution in [1.29, 1.82) is 0 Å². The zero-order chi connectivity index (χ0) is 15.7. The molecule has 2 heterocycles. The molecule has 3 rings (SSSR count). The van der Waals surface area contributed by atoms with Crippen molar-refractivity contribution >= 4 is 17.5 Å². The smallest absolute Gasteiger partial charge is 0.223 e. The van der Waals surface area contributed by atoms with Crippen LogP contribution in [0.2, 0.25) is 5.02 Å². The summed E-state index contributed by atoms with van der Waals surface area (Å²) < 4.78 is 0. The highest BCUT2D eigenvalue weighted by Crippen LogP contribution is 2.29. The van der Waals surface area contributed by atoms with Gasteiger partial charge in [-0.3, -0.25) is 9.89 Å². The van der Waals surface area contributed by atoms with Crippen LogP contribution in [0.3, 0.4) is 0 Å². The van der Waals surface area contributed by atoms with Gasteiger partial charge in [0.25, 0.3) is 0 Å². The van der Waals surface area contributed by atoms with Gasteiger partial charge in [-0.2, -0.15) is 5.10 Å². The maximum atomic E-state index is 12.3. The predicted molar refractivity (Wildman–Crippen MR) is 87.6 cm³/mol. The lowest BCUT2D eigenvalue weighted by Gasteiger charge is -2.28. The Balaban J connectivity index is 1.85. The van der Waals surface area contributed by atoms with E-state index in [9.17, 15) is 4.79 Å². The topological polar surface area (TPSA) is 49.0 Å². The number of rotatable bonds is 3. The van der Waals surface area contributed by atoms with Crippen molar-refractivity contribution in [2.75, 3.05) is 6.54 Å². The van der Waals surface area contributed by atoms with E-state index in [0.717, 1.165) is 35.5 Å². The third kappa shape index (κ3) is 3.02. The number of carbonyl (C=O) groups is 1. The summed E-state index contributed by atoms with van der Waals surface area (Å²) in [4.78, 5) is 14.3. The van der Waals surface area contributed by atoms with E-state index in [1.807, 2.05) is 29.2 Å². The van der Waals surface area contributed by atoms with E-state index in [0.29, 0.717) is 23.9 Å². The highest BCUT2D eigenvalue weighted by Gasteiger charge is 2.25. The van der Waals surface area contributed by atoms with Crippen molar-refractivity contribution in [1.82, 2.24) is 15.1 Å². The van der Waals surface area contributed by atoms with Gasteiger partial charge in [-0.05, 0) is 18.1 Å². The molecule has 1 amide bonds. The molecule has 0 saturated carbocycles. The predicted octanol–water partition coefficient (Wildman–Crippen LogP) is 3.66. The zero-order valence-corrected chi connectivity index (χ0v) is 13.7. The second-order valence-corrected chi connectivity index (χ2v) is 6.64. The monoisotopic (exact) mass is 317 g/mol. The second-order valence-electron chi connectivity index (χ2n) is 6.20. The van der Waals surface area contributed by atoms with Crippen LogP contribution in [0.5, 0.6) is 0 Å². The maximum Gasteiger partial charge on any atom is 0.223 e. The Bertz CT molecular complexity index is 676. The third-order valence-corrected chi connectivity index (χ3v) is 4.24. The van der Waals surface area contributed by atoms with Crippen LogP contribution in [-0.2, 0) is 17.8 Å². The molecule has 0 radical (unpaired) electrons. The number of aromatic nitrogens is 2. The van der Waals surface area contributed by atoms with Crippen molar-refractivity contribution in [3.63, 3.8) is 0 Å². The van der Waals surface area contributed by atoms with Crippen LogP contribution < -0.4 is 0 Å². The number of H-pyrrole nitrogens is 1. The molecule has 0 bridgehead atoms. The molecule has 0 atom stereocenters. The fourth-order valence-corrected chi connectivity index (χ4v) is 2.96. The summed E-state index contributed by atoms with van der Waals surface area (Å²) in [6.07, 6.45) is 1.43. The number of amides is 1. The van der Waals surface area contributed by atoms with Gasteiger partial charge in [0.2, 0.25) is 5.91 Å². The first kappa shape index (κ1) is 15.1. The number of benzene rings is 1. The van der Waals surface area contributed by atoms with Crippen molar-refractivity contribution in [3.8, 4) is 11.3 Å². The molecule has 116 valence electrons. The first-order valence-corrected chi connectivity index (χ1v) is 8.02. The van der Waals surface area contributed by atoms with E-state index >= 15 is 0 Å². The molecule has 1 aliphatic heterocycles. The number of aromatic amines is 1. The molecule has 0 fully saturated rings. The molecule has 1 aliphatic rings. The Labute approximate surface area is 135 Å². The number of fused-ring (bicyclic) bond motifs is 1. The van der Waals surface area contributed by atoms with Crippen LogP contribution in [0.1, 0.15) is 31.5 Å². The van der Waals surface area contributed by atoms with Crippen molar-refractivity contribution in [2.24, 2.45) is 5.92 Å². The van der Waals surface area contributed by atoms with Crippen LogP contribution >= 0.6 is 11.6 Å². The molecular weight excluding hydrogens is 298 g/mol. The number of nitrogens with zero attached hydrogens (tertiary/aromatic N) is 2. The summed E-state index contributed by atoms with van der Waals surface area (Å²) in [6.45, 7) is 5.55. The first-order valence-electron chi connectivity index (χ1n) is 7.64. The lowest BCUT2D eigenvalue weighted by Crippen LogP contribution is -2.36. The van der Waals surface area contributed by atoms with E-state index in [1.54, 1.807) is 0 Å². The average molecular weight is 318 g/mol. The molecule has 2 aromatic rings. The standard InChI is InChI=1S/C17H20ClN3O/c1-11(2)9-16(22)21-8-7-15-14(10-21)17(20-19-15)12-3-5-13(18)6-4-12/h3-6,11H,7-10H2,1-2H3,(H,19,20). The van der Waals surface area contributed by atoms with Crippen molar-refractivity contribution < 1.29 is 4.79 Å². The average Bonchev–Trinajstić information content (AvgIpc) is 2.90. The SMILES string of the molecule is CC(C)CC(=O)N1CCc2[nH]nc(-c3ccc(Cl)cc3)c2C1. The summed E-state index contributed by atoms with van der Waals surface area (Å²) in [5.74, 6) is 0.609. The summed E-state index contributed by atoms with van der Waals surface area (Å²) >= 11 is 5.95. The van der Waals surface area contributed by atoms with E-state index in [4.69, 9.17) is 11.6 Å². The van der Waals surface area contributed by atoms with E-state index < -0.39 is 0 Å². The van der Waals surface area contributed by atoms with Gasteiger partial charge in [0.1, 0.15) is 0 Å². The molecule has 1 N–H and O–H groups in total.